The van der Waals surface area contributed by atoms with Gasteiger partial charge in [0.25, 0.3) is 0 Å². The molecule has 1 rings (SSSR count). The minimum atomic E-state index is 0.283. The molecular weight excluding hydrogens is 208 g/mol. The van der Waals surface area contributed by atoms with Crippen LogP contribution in [0, 0.1) is 0 Å². The molecule has 1 heterocycles. The standard InChI is InChI=1S/C10H20N4S/c1-13(4-5-15-3)10(6-11)9-7-12-14(2)8-9/h7-8,10H,4-6,11H2,1-3H3. The van der Waals surface area contributed by atoms with Crippen LogP contribution in [-0.2, 0) is 7.05 Å². The zero-order chi connectivity index (χ0) is 11.3. The van der Waals surface area contributed by atoms with Crippen LogP contribution in [0.5, 0.6) is 0 Å². The third kappa shape index (κ3) is 3.52. The lowest BCUT2D eigenvalue weighted by Gasteiger charge is -2.25. The summed E-state index contributed by atoms with van der Waals surface area (Å²) in [4.78, 5) is 2.29. The summed E-state index contributed by atoms with van der Waals surface area (Å²) in [7, 11) is 4.04. The van der Waals surface area contributed by atoms with Crippen molar-refractivity contribution < 1.29 is 0 Å². The molecule has 0 spiro atoms. The predicted molar refractivity (Wildman–Crippen MR) is 66.0 cm³/mol. The maximum Gasteiger partial charge on any atom is 0.0538 e. The molecule has 1 aromatic heterocycles. The first-order valence-electron chi connectivity index (χ1n) is 5.06. The third-order valence-corrected chi connectivity index (χ3v) is 3.10. The number of rotatable bonds is 6. The van der Waals surface area contributed by atoms with Gasteiger partial charge < -0.3 is 5.73 Å². The molecule has 0 saturated carbocycles. The lowest BCUT2D eigenvalue weighted by molar-refractivity contribution is 0.265. The van der Waals surface area contributed by atoms with E-state index in [1.54, 1.807) is 0 Å². The van der Waals surface area contributed by atoms with Gasteiger partial charge in [-0.2, -0.15) is 16.9 Å². The Balaban J connectivity index is 2.62. The minimum Gasteiger partial charge on any atom is -0.329 e. The smallest absolute Gasteiger partial charge is 0.0538 e. The summed E-state index contributed by atoms with van der Waals surface area (Å²) in [6.45, 7) is 1.69. The highest BCUT2D eigenvalue weighted by atomic mass is 32.2. The van der Waals surface area contributed by atoms with Crippen molar-refractivity contribution in [1.29, 1.82) is 0 Å². The van der Waals surface area contributed by atoms with E-state index >= 15 is 0 Å². The Labute approximate surface area is 95.8 Å². The van der Waals surface area contributed by atoms with Gasteiger partial charge in [-0.05, 0) is 13.3 Å². The summed E-state index contributed by atoms with van der Waals surface area (Å²) in [5.74, 6) is 1.13. The lowest BCUT2D eigenvalue weighted by Crippen LogP contribution is -2.32. The van der Waals surface area contributed by atoms with Crippen LogP contribution in [0.3, 0.4) is 0 Å². The first kappa shape index (κ1) is 12.5. The number of aryl methyl sites for hydroxylation is 1. The largest absolute Gasteiger partial charge is 0.329 e. The molecule has 0 bridgehead atoms. The maximum absolute atomic E-state index is 5.80. The second-order valence-electron chi connectivity index (χ2n) is 3.67. The van der Waals surface area contributed by atoms with Crippen molar-refractivity contribution in [3.05, 3.63) is 18.0 Å². The molecule has 1 atom stereocenters. The highest BCUT2D eigenvalue weighted by Crippen LogP contribution is 2.17. The highest BCUT2D eigenvalue weighted by molar-refractivity contribution is 7.98. The van der Waals surface area contributed by atoms with Crippen LogP contribution in [-0.4, -0.2) is 46.8 Å². The fourth-order valence-corrected chi connectivity index (χ4v) is 2.04. The van der Waals surface area contributed by atoms with E-state index in [2.05, 4.69) is 23.3 Å². The Morgan fingerprint density at radius 1 is 1.67 bits per heavy atom. The van der Waals surface area contributed by atoms with Gasteiger partial charge in [0.2, 0.25) is 0 Å². The topological polar surface area (TPSA) is 47.1 Å². The number of nitrogens with zero attached hydrogens (tertiary/aromatic N) is 3. The van der Waals surface area contributed by atoms with E-state index in [0.717, 1.165) is 12.3 Å². The third-order valence-electron chi connectivity index (χ3n) is 2.51. The normalized spacial score (nSPS) is 13.4. The van der Waals surface area contributed by atoms with Gasteiger partial charge in [0, 0.05) is 43.7 Å². The summed E-state index contributed by atoms with van der Waals surface area (Å²) in [6, 6.07) is 0.283. The van der Waals surface area contributed by atoms with E-state index in [-0.39, 0.29) is 6.04 Å². The van der Waals surface area contributed by atoms with Crippen LogP contribution in [0.25, 0.3) is 0 Å². The van der Waals surface area contributed by atoms with Gasteiger partial charge in [-0.15, -0.1) is 0 Å². The number of likely N-dealkylation sites (N-methyl/N-ethyl adjacent to an activating group) is 1. The molecule has 1 unspecified atom stereocenters. The number of aromatic nitrogens is 2. The molecule has 0 aliphatic heterocycles. The van der Waals surface area contributed by atoms with Gasteiger partial charge >= 0.3 is 0 Å². The number of hydrogen-bond acceptors (Lipinski definition) is 4. The van der Waals surface area contributed by atoms with Crippen LogP contribution < -0.4 is 5.73 Å². The predicted octanol–water partition coefficient (Wildman–Crippen LogP) is 0.715. The number of nitrogens with two attached hydrogens (primary N) is 1. The summed E-state index contributed by atoms with van der Waals surface area (Å²) in [5, 5.41) is 4.18. The van der Waals surface area contributed by atoms with Crippen molar-refractivity contribution in [2.45, 2.75) is 6.04 Å². The Kier molecular flexibility index (Phi) is 5.14. The molecule has 1 aromatic rings. The van der Waals surface area contributed by atoms with E-state index in [1.807, 2.05) is 35.9 Å². The molecular formula is C10H20N4S. The molecule has 0 aromatic carbocycles. The molecule has 2 N–H and O–H groups in total. The molecule has 86 valence electrons. The summed E-state index contributed by atoms with van der Waals surface area (Å²) in [5.41, 5.74) is 7.00. The van der Waals surface area contributed by atoms with E-state index in [0.29, 0.717) is 6.54 Å². The zero-order valence-corrected chi connectivity index (χ0v) is 10.5. The second kappa shape index (κ2) is 6.15. The van der Waals surface area contributed by atoms with Crippen LogP contribution in [0.15, 0.2) is 12.4 Å². The summed E-state index contributed by atoms with van der Waals surface area (Å²) >= 11 is 1.85. The van der Waals surface area contributed by atoms with Gasteiger partial charge in [0.15, 0.2) is 0 Å². The first-order valence-corrected chi connectivity index (χ1v) is 6.46. The van der Waals surface area contributed by atoms with Crippen LogP contribution in [0.2, 0.25) is 0 Å². The van der Waals surface area contributed by atoms with E-state index in [1.165, 1.54) is 5.56 Å². The van der Waals surface area contributed by atoms with Gasteiger partial charge in [0.1, 0.15) is 0 Å². The van der Waals surface area contributed by atoms with Crippen LogP contribution in [0.4, 0.5) is 0 Å². The Hall–Kier alpha value is -0.520. The summed E-state index contributed by atoms with van der Waals surface area (Å²) < 4.78 is 1.82. The molecule has 0 saturated heterocycles. The molecule has 4 nitrogen and oxygen atoms in total. The Morgan fingerprint density at radius 3 is 2.87 bits per heavy atom. The monoisotopic (exact) mass is 228 g/mol. The SMILES string of the molecule is CSCCN(C)C(CN)c1cnn(C)c1. The number of hydrogen-bond donors (Lipinski definition) is 1. The van der Waals surface area contributed by atoms with Crippen molar-refractivity contribution in [2.24, 2.45) is 12.8 Å². The van der Waals surface area contributed by atoms with Gasteiger partial charge in [-0.3, -0.25) is 9.58 Å². The van der Waals surface area contributed by atoms with E-state index < -0.39 is 0 Å². The van der Waals surface area contributed by atoms with Crippen molar-refractivity contribution in [3.8, 4) is 0 Å². The number of thioether (sulfide) groups is 1. The molecule has 0 radical (unpaired) electrons. The van der Waals surface area contributed by atoms with Crippen LogP contribution >= 0.6 is 11.8 Å². The minimum absolute atomic E-state index is 0.283. The Bertz CT molecular complexity index is 287. The van der Waals surface area contributed by atoms with Crippen molar-refractivity contribution in [1.82, 2.24) is 14.7 Å². The lowest BCUT2D eigenvalue weighted by atomic mass is 10.1. The molecule has 15 heavy (non-hydrogen) atoms. The molecule has 0 amide bonds. The van der Waals surface area contributed by atoms with Crippen LogP contribution in [0.1, 0.15) is 11.6 Å². The highest BCUT2D eigenvalue weighted by Gasteiger charge is 2.16. The molecule has 0 aliphatic carbocycles. The second-order valence-corrected chi connectivity index (χ2v) is 4.66. The molecule has 5 heteroatoms. The fraction of sp³-hybridized carbons (Fsp3) is 0.700. The van der Waals surface area contributed by atoms with Gasteiger partial charge in [-0.25, -0.2) is 0 Å². The van der Waals surface area contributed by atoms with E-state index in [4.69, 9.17) is 5.73 Å². The average Bonchev–Trinajstić information content (AvgIpc) is 2.63. The van der Waals surface area contributed by atoms with E-state index in [9.17, 15) is 0 Å². The quantitative estimate of drug-likeness (QED) is 0.779. The molecule has 0 fully saturated rings. The van der Waals surface area contributed by atoms with Crippen molar-refractivity contribution >= 4 is 11.8 Å². The van der Waals surface area contributed by atoms with Gasteiger partial charge in [-0.1, -0.05) is 0 Å². The fourth-order valence-electron chi connectivity index (χ4n) is 1.57. The maximum atomic E-state index is 5.80. The van der Waals surface area contributed by atoms with Crippen molar-refractivity contribution in [3.63, 3.8) is 0 Å². The Morgan fingerprint density at radius 2 is 2.40 bits per heavy atom. The molecule has 0 aliphatic rings. The zero-order valence-electron chi connectivity index (χ0n) is 9.68. The summed E-state index contributed by atoms with van der Waals surface area (Å²) in [6.07, 6.45) is 6.05. The first-order chi connectivity index (χ1) is 7.19. The van der Waals surface area contributed by atoms with Crippen molar-refractivity contribution in [2.75, 3.05) is 32.1 Å². The van der Waals surface area contributed by atoms with Gasteiger partial charge in [0.05, 0.1) is 6.20 Å². The average molecular weight is 228 g/mol.